The van der Waals surface area contributed by atoms with Gasteiger partial charge in [-0.05, 0) is 23.6 Å². The Morgan fingerprint density at radius 3 is 2.14 bits per heavy atom. The highest BCUT2D eigenvalue weighted by molar-refractivity contribution is 5.62. The maximum absolute atomic E-state index is 10.9. The third-order valence-electron chi connectivity index (χ3n) is 2.37. The van der Waals surface area contributed by atoms with Gasteiger partial charge in [-0.2, -0.15) is 0 Å². The molecule has 14 heavy (non-hydrogen) atoms. The second kappa shape index (κ2) is 4.80. The average Bonchev–Trinajstić information content (AvgIpc) is 2.19. The van der Waals surface area contributed by atoms with Crippen molar-refractivity contribution in [2.24, 2.45) is 5.92 Å². The molecule has 0 aromatic heterocycles. The van der Waals surface area contributed by atoms with Crippen LogP contribution in [0.1, 0.15) is 25.3 Å². The lowest BCUT2D eigenvalue weighted by atomic mass is 9.90. The van der Waals surface area contributed by atoms with Crippen LogP contribution in [0.5, 0.6) is 5.75 Å². The molecule has 1 atom stereocenters. The number of benzene rings is 1. The minimum absolute atomic E-state index is 0.0130. The summed E-state index contributed by atoms with van der Waals surface area (Å²) in [5, 5.41) is 0. The van der Waals surface area contributed by atoms with Gasteiger partial charge in [0.25, 0.3) is 0 Å². The van der Waals surface area contributed by atoms with Crippen LogP contribution in [-0.2, 0) is 4.79 Å². The van der Waals surface area contributed by atoms with Crippen LogP contribution in [0.3, 0.4) is 0 Å². The summed E-state index contributed by atoms with van der Waals surface area (Å²) in [6, 6.07) is 7.65. The van der Waals surface area contributed by atoms with Gasteiger partial charge in [0.15, 0.2) is 0 Å². The summed E-state index contributed by atoms with van der Waals surface area (Å²) in [4.78, 5) is 10.9. The zero-order valence-electron chi connectivity index (χ0n) is 8.86. The Bertz CT molecular complexity index is 288. The lowest BCUT2D eigenvalue weighted by molar-refractivity contribution is -0.109. The van der Waals surface area contributed by atoms with E-state index in [1.54, 1.807) is 7.11 Å². The fourth-order valence-corrected chi connectivity index (χ4v) is 1.45. The predicted molar refractivity (Wildman–Crippen MR) is 56.6 cm³/mol. The minimum atomic E-state index is -0.0130. The molecule has 0 aliphatic carbocycles. The van der Waals surface area contributed by atoms with Crippen molar-refractivity contribution >= 4 is 6.29 Å². The normalized spacial score (nSPS) is 12.6. The average molecular weight is 192 g/mol. The second-order valence-electron chi connectivity index (χ2n) is 3.68. The number of carbonyl (C=O) groups excluding carboxylic acids is 1. The Morgan fingerprint density at radius 2 is 1.79 bits per heavy atom. The zero-order chi connectivity index (χ0) is 10.6. The molecule has 0 aliphatic heterocycles. The van der Waals surface area contributed by atoms with Gasteiger partial charge in [-0.3, -0.25) is 0 Å². The van der Waals surface area contributed by atoms with Crippen molar-refractivity contribution in [3.63, 3.8) is 0 Å². The third-order valence-corrected chi connectivity index (χ3v) is 2.37. The molecule has 76 valence electrons. The first-order valence-corrected chi connectivity index (χ1v) is 4.78. The smallest absolute Gasteiger partial charge is 0.127 e. The van der Waals surface area contributed by atoms with Crippen molar-refractivity contribution < 1.29 is 9.53 Å². The molecular formula is C12H16O2. The summed E-state index contributed by atoms with van der Waals surface area (Å²) in [6.07, 6.45) is 1.01. The van der Waals surface area contributed by atoms with Crippen LogP contribution in [0.25, 0.3) is 0 Å². The molecule has 0 fully saturated rings. The SMILES string of the molecule is COc1ccc([C@@H](C=O)C(C)C)cc1. The summed E-state index contributed by atoms with van der Waals surface area (Å²) in [7, 11) is 1.63. The summed E-state index contributed by atoms with van der Waals surface area (Å²) in [6.45, 7) is 4.09. The number of hydrogen-bond acceptors (Lipinski definition) is 2. The van der Waals surface area contributed by atoms with Crippen LogP contribution in [0.15, 0.2) is 24.3 Å². The molecule has 2 nitrogen and oxygen atoms in total. The van der Waals surface area contributed by atoms with Gasteiger partial charge >= 0.3 is 0 Å². The van der Waals surface area contributed by atoms with E-state index in [0.717, 1.165) is 17.6 Å². The molecule has 1 aromatic carbocycles. The van der Waals surface area contributed by atoms with Gasteiger partial charge in [0.1, 0.15) is 12.0 Å². The number of methoxy groups -OCH3 is 1. The van der Waals surface area contributed by atoms with E-state index in [1.807, 2.05) is 38.1 Å². The van der Waals surface area contributed by atoms with Crippen molar-refractivity contribution in [2.45, 2.75) is 19.8 Å². The Hall–Kier alpha value is -1.31. The van der Waals surface area contributed by atoms with Gasteiger partial charge in [0, 0.05) is 5.92 Å². The van der Waals surface area contributed by atoms with Crippen molar-refractivity contribution in [3.8, 4) is 5.75 Å². The Kier molecular flexibility index (Phi) is 3.69. The van der Waals surface area contributed by atoms with Crippen molar-refractivity contribution in [1.82, 2.24) is 0 Å². The fourth-order valence-electron chi connectivity index (χ4n) is 1.45. The van der Waals surface area contributed by atoms with Crippen LogP contribution in [0.2, 0.25) is 0 Å². The van der Waals surface area contributed by atoms with Crippen LogP contribution in [0.4, 0.5) is 0 Å². The van der Waals surface area contributed by atoms with E-state index in [2.05, 4.69) is 0 Å². The van der Waals surface area contributed by atoms with E-state index >= 15 is 0 Å². The van der Waals surface area contributed by atoms with Gasteiger partial charge in [-0.15, -0.1) is 0 Å². The second-order valence-corrected chi connectivity index (χ2v) is 3.68. The van der Waals surface area contributed by atoms with Gasteiger partial charge < -0.3 is 9.53 Å². The standard InChI is InChI=1S/C12H16O2/c1-9(2)12(8-13)10-4-6-11(14-3)7-5-10/h4-9,12H,1-3H3/t12-/m0/s1. The van der Waals surface area contributed by atoms with E-state index in [9.17, 15) is 4.79 Å². The Morgan fingerprint density at radius 1 is 1.21 bits per heavy atom. The van der Waals surface area contributed by atoms with Crippen LogP contribution in [0, 0.1) is 5.92 Å². The van der Waals surface area contributed by atoms with Crippen LogP contribution >= 0.6 is 0 Å². The molecule has 0 heterocycles. The number of carbonyl (C=O) groups is 1. The molecule has 0 amide bonds. The molecule has 0 radical (unpaired) electrons. The maximum atomic E-state index is 10.9. The van der Waals surface area contributed by atoms with Crippen LogP contribution < -0.4 is 4.74 Å². The predicted octanol–water partition coefficient (Wildman–Crippen LogP) is 2.63. The highest BCUT2D eigenvalue weighted by Crippen LogP contribution is 2.23. The first-order valence-electron chi connectivity index (χ1n) is 4.78. The largest absolute Gasteiger partial charge is 0.497 e. The minimum Gasteiger partial charge on any atom is -0.497 e. The Labute approximate surface area is 84.9 Å². The zero-order valence-corrected chi connectivity index (χ0v) is 8.86. The van der Waals surface area contributed by atoms with Gasteiger partial charge in [0.05, 0.1) is 7.11 Å². The molecule has 2 heteroatoms. The van der Waals surface area contributed by atoms with Crippen LogP contribution in [-0.4, -0.2) is 13.4 Å². The highest BCUT2D eigenvalue weighted by atomic mass is 16.5. The van der Waals surface area contributed by atoms with Gasteiger partial charge in [-0.25, -0.2) is 0 Å². The molecule has 0 aliphatic rings. The molecule has 0 unspecified atom stereocenters. The number of hydrogen-bond donors (Lipinski definition) is 0. The molecular weight excluding hydrogens is 176 g/mol. The summed E-state index contributed by atoms with van der Waals surface area (Å²) >= 11 is 0. The first-order chi connectivity index (χ1) is 6.69. The quantitative estimate of drug-likeness (QED) is 0.685. The van der Waals surface area contributed by atoms with E-state index in [1.165, 1.54) is 0 Å². The molecule has 0 N–H and O–H groups in total. The highest BCUT2D eigenvalue weighted by Gasteiger charge is 2.14. The molecule has 1 rings (SSSR count). The van der Waals surface area contributed by atoms with E-state index in [4.69, 9.17) is 4.74 Å². The molecule has 0 saturated heterocycles. The monoisotopic (exact) mass is 192 g/mol. The van der Waals surface area contributed by atoms with Gasteiger partial charge in [0.2, 0.25) is 0 Å². The number of aldehydes is 1. The lowest BCUT2D eigenvalue weighted by Crippen LogP contribution is -2.07. The van der Waals surface area contributed by atoms with Gasteiger partial charge in [-0.1, -0.05) is 26.0 Å². The topological polar surface area (TPSA) is 26.3 Å². The first kappa shape index (κ1) is 10.8. The maximum Gasteiger partial charge on any atom is 0.127 e. The molecule has 0 spiro atoms. The van der Waals surface area contributed by atoms with E-state index < -0.39 is 0 Å². The fraction of sp³-hybridized carbons (Fsp3) is 0.417. The lowest BCUT2D eigenvalue weighted by Gasteiger charge is -2.14. The van der Waals surface area contributed by atoms with Crippen molar-refractivity contribution in [2.75, 3.05) is 7.11 Å². The number of rotatable bonds is 4. The molecule has 0 saturated carbocycles. The van der Waals surface area contributed by atoms with E-state index in [0.29, 0.717) is 5.92 Å². The van der Waals surface area contributed by atoms with Crippen molar-refractivity contribution in [1.29, 1.82) is 0 Å². The number of ether oxygens (including phenoxy) is 1. The Balaban J connectivity index is 2.89. The van der Waals surface area contributed by atoms with Crippen molar-refractivity contribution in [3.05, 3.63) is 29.8 Å². The summed E-state index contributed by atoms with van der Waals surface area (Å²) in [5.74, 6) is 1.14. The third kappa shape index (κ3) is 2.34. The summed E-state index contributed by atoms with van der Waals surface area (Å²) < 4.78 is 5.05. The summed E-state index contributed by atoms with van der Waals surface area (Å²) in [5.41, 5.74) is 1.05. The molecule has 0 bridgehead atoms. The van der Waals surface area contributed by atoms with E-state index in [-0.39, 0.29) is 5.92 Å². The molecule has 1 aromatic rings.